The highest BCUT2D eigenvalue weighted by atomic mass is 16.5. The van der Waals surface area contributed by atoms with Crippen LogP contribution >= 0.6 is 0 Å². The zero-order valence-electron chi connectivity index (χ0n) is 14.8. The second-order valence-corrected chi connectivity index (χ2v) is 6.61. The molecule has 2 heterocycles. The minimum Gasteiger partial charge on any atom is -0.493 e. The summed E-state index contributed by atoms with van der Waals surface area (Å²) < 4.78 is 10.5. The van der Waals surface area contributed by atoms with E-state index in [-0.39, 0.29) is 17.9 Å². The average Bonchev–Trinajstić information content (AvgIpc) is 3.09. The van der Waals surface area contributed by atoms with Crippen molar-refractivity contribution >= 4 is 17.5 Å². The van der Waals surface area contributed by atoms with E-state index in [0.717, 1.165) is 42.7 Å². The summed E-state index contributed by atoms with van der Waals surface area (Å²) in [7, 11) is 1.63. The molecule has 0 bridgehead atoms. The summed E-state index contributed by atoms with van der Waals surface area (Å²) >= 11 is 0. The lowest BCUT2D eigenvalue weighted by Crippen LogP contribution is -2.50. The van der Waals surface area contributed by atoms with Crippen molar-refractivity contribution in [1.82, 2.24) is 4.90 Å². The Morgan fingerprint density at radius 3 is 3.08 bits per heavy atom. The van der Waals surface area contributed by atoms with E-state index in [2.05, 4.69) is 5.32 Å². The fourth-order valence-corrected chi connectivity index (χ4v) is 3.50. The molecule has 0 saturated carbocycles. The predicted molar refractivity (Wildman–Crippen MR) is 94.7 cm³/mol. The van der Waals surface area contributed by atoms with Crippen LogP contribution in [0.4, 0.5) is 5.69 Å². The molecule has 6 nitrogen and oxygen atoms in total. The van der Waals surface area contributed by atoms with Crippen molar-refractivity contribution in [2.75, 3.05) is 32.2 Å². The van der Waals surface area contributed by atoms with Gasteiger partial charge in [-0.25, -0.2) is 0 Å². The number of ether oxygens (including phenoxy) is 2. The number of anilines is 1. The maximum absolute atomic E-state index is 12.8. The van der Waals surface area contributed by atoms with Gasteiger partial charge in [0.25, 0.3) is 0 Å². The molecule has 2 aliphatic rings. The van der Waals surface area contributed by atoms with Gasteiger partial charge in [-0.3, -0.25) is 9.59 Å². The van der Waals surface area contributed by atoms with E-state index in [1.807, 2.05) is 18.2 Å². The van der Waals surface area contributed by atoms with Crippen LogP contribution in [0.1, 0.15) is 37.7 Å². The summed E-state index contributed by atoms with van der Waals surface area (Å²) in [4.78, 5) is 27.0. The van der Waals surface area contributed by atoms with E-state index in [4.69, 9.17) is 9.47 Å². The maximum Gasteiger partial charge on any atom is 0.247 e. The van der Waals surface area contributed by atoms with Gasteiger partial charge in [-0.2, -0.15) is 0 Å². The van der Waals surface area contributed by atoms with Crippen molar-refractivity contribution in [2.45, 2.75) is 44.6 Å². The summed E-state index contributed by atoms with van der Waals surface area (Å²) in [6.45, 7) is 1.91. The van der Waals surface area contributed by atoms with Gasteiger partial charge < -0.3 is 19.7 Å². The van der Waals surface area contributed by atoms with Gasteiger partial charge in [-0.15, -0.1) is 0 Å². The molecule has 1 saturated heterocycles. The number of fused-ring (bicyclic) bond motifs is 1. The second kappa shape index (κ2) is 8.34. The van der Waals surface area contributed by atoms with Crippen LogP contribution in [0.5, 0.6) is 5.75 Å². The Bertz CT molecular complexity index is 632. The van der Waals surface area contributed by atoms with Crippen molar-refractivity contribution in [2.24, 2.45) is 0 Å². The van der Waals surface area contributed by atoms with E-state index in [1.165, 1.54) is 0 Å². The summed E-state index contributed by atoms with van der Waals surface area (Å²) in [5, 5.41) is 2.98. The monoisotopic (exact) mass is 346 g/mol. The SMILES string of the molecule is COCCCC(=O)N1CCCC[C@H]1C(=O)Nc1ccc2c(c1)CCO2. The van der Waals surface area contributed by atoms with E-state index < -0.39 is 0 Å². The average molecular weight is 346 g/mol. The molecule has 1 atom stereocenters. The fourth-order valence-electron chi connectivity index (χ4n) is 3.50. The van der Waals surface area contributed by atoms with Crippen molar-refractivity contribution < 1.29 is 19.1 Å². The molecule has 0 unspecified atom stereocenters. The first-order valence-corrected chi connectivity index (χ1v) is 9.04. The van der Waals surface area contributed by atoms with Gasteiger partial charge in [-0.1, -0.05) is 0 Å². The lowest BCUT2D eigenvalue weighted by Gasteiger charge is -2.34. The van der Waals surface area contributed by atoms with Gasteiger partial charge in [0.2, 0.25) is 11.8 Å². The van der Waals surface area contributed by atoms with Gasteiger partial charge in [-0.05, 0) is 49.4 Å². The Morgan fingerprint density at radius 1 is 1.36 bits per heavy atom. The van der Waals surface area contributed by atoms with Gasteiger partial charge in [0.1, 0.15) is 11.8 Å². The summed E-state index contributed by atoms with van der Waals surface area (Å²) in [5.41, 5.74) is 1.89. The molecule has 0 aliphatic carbocycles. The predicted octanol–water partition coefficient (Wildman–Crippen LogP) is 2.37. The Balaban J connectivity index is 1.63. The van der Waals surface area contributed by atoms with Crippen LogP contribution in [0.25, 0.3) is 0 Å². The highest BCUT2D eigenvalue weighted by molar-refractivity contribution is 5.97. The number of nitrogens with zero attached hydrogens (tertiary/aromatic N) is 1. The molecular formula is C19H26N2O4. The Hall–Kier alpha value is -2.08. The molecule has 0 aromatic heterocycles. The number of rotatable bonds is 6. The third-order valence-corrected chi connectivity index (χ3v) is 4.82. The molecule has 136 valence electrons. The number of piperidine rings is 1. The Labute approximate surface area is 148 Å². The van der Waals surface area contributed by atoms with Crippen molar-refractivity contribution in [3.8, 4) is 5.75 Å². The molecule has 0 radical (unpaired) electrons. The third-order valence-electron chi connectivity index (χ3n) is 4.82. The van der Waals surface area contributed by atoms with Crippen molar-refractivity contribution in [3.63, 3.8) is 0 Å². The smallest absolute Gasteiger partial charge is 0.247 e. The van der Waals surface area contributed by atoms with Crippen LogP contribution in [0, 0.1) is 0 Å². The number of benzene rings is 1. The third kappa shape index (κ3) is 4.31. The molecular weight excluding hydrogens is 320 g/mol. The van der Waals surface area contributed by atoms with Crippen LogP contribution < -0.4 is 10.1 Å². The number of likely N-dealkylation sites (tertiary alicyclic amines) is 1. The minimum absolute atomic E-state index is 0.0410. The van der Waals surface area contributed by atoms with E-state index in [0.29, 0.717) is 32.6 Å². The molecule has 25 heavy (non-hydrogen) atoms. The van der Waals surface area contributed by atoms with Crippen LogP contribution in [-0.2, 0) is 20.7 Å². The molecule has 6 heteroatoms. The molecule has 2 aliphatic heterocycles. The first-order valence-electron chi connectivity index (χ1n) is 9.04. The minimum atomic E-state index is -0.381. The number of nitrogens with one attached hydrogen (secondary N) is 1. The van der Waals surface area contributed by atoms with Crippen molar-refractivity contribution in [1.29, 1.82) is 0 Å². The number of carbonyl (C=O) groups excluding carboxylic acids is 2. The number of methoxy groups -OCH3 is 1. The Morgan fingerprint density at radius 2 is 2.24 bits per heavy atom. The van der Waals surface area contributed by atoms with Crippen LogP contribution in [0.15, 0.2) is 18.2 Å². The fraction of sp³-hybridized carbons (Fsp3) is 0.579. The van der Waals surface area contributed by atoms with Gasteiger partial charge >= 0.3 is 0 Å². The van der Waals surface area contributed by atoms with Gasteiger partial charge in [0.05, 0.1) is 6.61 Å². The summed E-state index contributed by atoms with van der Waals surface area (Å²) in [5.74, 6) is 0.837. The zero-order chi connectivity index (χ0) is 17.6. The largest absolute Gasteiger partial charge is 0.493 e. The molecule has 2 amide bonds. The highest BCUT2D eigenvalue weighted by Crippen LogP contribution is 2.28. The first kappa shape index (κ1) is 17.7. The van der Waals surface area contributed by atoms with Gasteiger partial charge in [0.15, 0.2) is 0 Å². The van der Waals surface area contributed by atoms with E-state index in [9.17, 15) is 9.59 Å². The van der Waals surface area contributed by atoms with Crippen LogP contribution in [-0.4, -0.2) is 49.6 Å². The molecule has 3 rings (SSSR count). The summed E-state index contributed by atoms with van der Waals surface area (Å²) in [6, 6.07) is 5.34. The van der Waals surface area contributed by atoms with Crippen molar-refractivity contribution in [3.05, 3.63) is 23.8 Å². The standard InChI is InChI=1S/C19H26N2O4/c1-24-11-4-6-18(22)21-10-3-2-5-16(21)19(23)20-15-7-8-17-14(13-15)9-12-25-17/h7-8,13,16H,2-6,9-12H2,1H3,(H,20,23)/t16-/m0/s1. The number of amides is 2. The summed E-state index contributed by atoms with van der Waals surface area (Å²) in [6.07, 6.45) is 4.62. The van der Waals surface area contributed by atoms with E-state index >= 15 is 0 Å². The second-order valence-electron chi connectivity index (χ2n) is 6.61. The lowest BCUT2D eigenvalue weighted by molar-refractivity contribution is -0.140. The molecule has 1 fully saturated rings. The molecule has 1 aromatic carbocycles. The van der Waals surface area contributed by atoms with Crippen LogP contribution in [0.3, 0.4) is 0 Å². The van der Waals surface area contributed by atoms with E-state index in [1.54, 1.807) is 12.0 Å². The van der Waals surface area contributed by atoms with Gasteiger partial charge in [0, 0.05) is 38.8 Å². The molecule has 1 N–H and O–H groups in total. The molecule has 1 aromatic rings. The molecule has 0 spiro atoms. The van der Waals surface area contributed by atoms with Crippen LogP contribution in [0.2, 0.25) is 0 Å². The zero-order valence-corrected chi connectivity index (χ0v) is 14.8. The maximum atomic E-state index is 12.8. The first-order chi connectivity index (χ1) is 12.2. The topological polar surface area (TPSA) is 67.9 Å². The quantitative estimate of drug-likeness (QED) is 0.803. The Kier molecular flexibility index (Phi) is 5.91. The normalized spacial score (nSPS) is 19.2. The highest BCUT2D eigenvalue weighted by Gasteiger charge is 2.31. The number of hydrogen-bond acceptors (Lipinski definition) is 4. The lowest BCUT2D eigenvalue weighted by atomic mass is 10.0. The number of hydrogen-bond donors (Lipinski definition) is 1. The number of carbonyl (C=O) groups is 2.